The summed E-state index contributed by atoms with van der Waals surface area (Å²) in [5.41, 5.74) is 8.64. The zero-order chi connectivity index (χ0) is 12.5. The molecule has 3 rings (SSSR count). The van der Waals surface area contributed by atoms with Gasteiger partial charge in [0.2, 0.25) is 0 Å². The van der Waals surface area contributed by atoms with E-state index in [1.807, 2.05) is 30.3 Å². The quantitative estimate of drug-likeness (QED) is 0.724. The Kier molecular flexibility index (Phi) is 2.61. The Morgan fingerprint density at radius 1 is 0.889 bits per heavy atom. The van der Waals surface area contributed by atoms with Crippen LogP contribution in [0, 0.1) is 0 Å². The van der Waals surface area contributed by atoms with Crippen LogP contribution in [0.2, 0.25) is 5.02 Å². The first-order chi connectivity index (χ1) is 8.74. The van der Waals surface area contributed by atoms with Crippen molar-refractivity contribution in [3.63, 3.8) is 0 Å². The number of nitrogens with zero attached hydrogens (tertiary/aromatic N) is 2. The minimum absolute atomic E-state index is 0.505. The van der Waals surface area contributed by atoms with E-state index in [2.05, 4.69) is 9.97 Å². The Morgan fingerprint density at radius 2 is 1.67 bits per heavy atom. The van der Waals surface area contributed by atoms with Crippen LogP contribution in [0.3, 0.4) is 0 Å². The van der Waals surface area contributed by atoms with Crippen LogP contribution in [-0.2, 0) is 0 Å². The van der Waals surface area contributed by atoms with Gasteiger partial charge in [0.05, 0.1) is 10.5 Å². The van der Waals surface area contributed by atoms with Gasteiger partial charge in [0, 0.05) is 17.8 Å². The first-order valence-corrected chi connectivity index (χ1v) is 5.88. The van der Waals surface area contributed by atoms with Crippen LogP contribution in [0.25, 0.3) is 22.0 Å². The van der Waals surface area contributed by atoms with E-state index in [1.165, 1.54) is 0 Å². The van der Waals surface area contributed by atoms with E-state index >= 15 is 0 Å². The monoisotopic (exact) mass is 255 g/mol. The summed E-state index contributed by atoms with van der Waals surface area (Å²) in [6.45, 7) is 0. The SMILES string of the molecule is Nc1cc(-c2ccc3nccc(Cl)c3c2)ccn1. The summed E-state index contributed by atoms with van der Waals surface area (Å²) in [4.78, 5) is 8.26. The molecule has 3 nitrogen and oxygen atoms in total. The summed E-state index contributed by atoms with van der Waals surface area (Å²) >= 11 is 6.17. The zero-order valence-corrected chi connectivity index (χ0v) is 10.2. The molecule has 0 aliphatic carbocycles. The number of halogens is 1. The molecule has 0 atom stereocenters. The lowest BCUT2D eigenvalue weighted by Crippen LogP contribution is -1.89. The van der Waals surface area contributed by atoms with Crippen molar-refractivity contribution in [2.75, 3.05) is 5.73 Å². The third-order valence-electron chi connectivity index (χ3n) is 2.80. The van der Waals surface area contributed by atoms with Crippen molar-refractivity contribution in [3.8, 4) is 11.1 Å². The molecule has 0 bridgehead atoms. The smallest absolute Gasteiger partial charge is 0.123 e. The third-order valence-corrected chi connectivity index (χ3v) is 3.13. The van der Waals surface area contributed by atoms with Gasteiger partial charge in [-0.25, -0.2) is 4.98 Å². The van der Waals surface area contributed by atoms with Gasteiger partial charge < -0.3 is 5.73 Å². The van der Waals surface area contributed by atoms with Gasteiger partial charge in [-0.05, 0) is 41.5 Å². The summed E-state index contributed by atoms with van der Waals surface area (Å²) < 4.78 is 0. The fraction of sp³-hybridized carbons (Fsp3) is 0. The number of fused-ring (bicyclic) bond motifs is 1. The second-order valence-corrected chi connectivity index (χ2v) is 4.40. The standard InChI is InChI=1S/C14H10ClN3/c15-12-4-6-17-13-2-1-9(7-11(12)13)10-3-5-18-14(16)8-10/h1-8H,(H2,16,18). The van der Waals surface area contributed by atoms with Crippen molar-refractivity contribution in [1.82, 2.24) is 9.97 Å². The summed E-state index contributed by atoms with van der Waals surface area (Å²) in [6, 6.07) is 11.5. The van der Waals surface area contributed by atoms with Gasteiger partial charge in [-0.1, -0.05) is 17.7 Å². The van der Waals surface area contributed by atoms with E-state index in [9.17, 15) is 0 Å². The molecule has 0 amide bonds. The van der Waals surface area contributed by atoms with Gasteiger partial charge in [-0.3, -0.25) is 4.98 Å². The summed E-state index contributed by atoms with van der Waals surface area (Å²) in [6.07, 6.45) is 3.40. The maximum absolute atomic E-state index is 6.17. The van der Waals surface area contributed by atoms with Crippen molar-refractivity contribution in [2.24, 2.45) is 0 Å². The summed E-state index contributed by atoms with van der Waals surface area (Å²) in [7, 11) is 0. The lowest BCUT2D eigenvalue weighted by molar-refractivity contribution is 1.34. The lowest BCUT2D eigenvalue weighted by atomic mass is 10.0. The molecule has 0 spiro atoms. The Balaban J connectivity index is 2.22. The van der Waals surface area contributed by atoms with Crippen molar-refractivity contribution in [3.05, 3.63) is 53.8 Å². The molecule has 2 heterocycles. The lowest BCUT2D eigenvalue weighted by Gasteiger charge is -2.05. The number of hydrogen-bond acceptors (Lipinski definition) is 3. The molecule has 0 fully saturated rings. The number of benzene rings is 1. The fourth-order valence-electron chi connectivity index (χ4n) is 1.92. The minimum atomic E-state index is 0.505. The number of rotatable bonds is 1. The van der Waals surface area contributed by atoms with E-state index in [0.29, 0.717) is 10.8 Å². The van der Waals surface area contributed by atoms with E-state index in [4.69, 9.17) is 17.3 Å². The Hall–Kier alpha value is -2.13. The Bertz CT molecular complexity index is 725. The van der Waals surface area contributed by atoms with Gasteiger partial charge in [0.25, 0.3) is 0 Å². The molecular formula is C14H10ClN3. The highest BCUT2D eigenvalue weighted by Crippen LogP contribution is 2.28. The molecule has 0 aliphatic heterocycles. The van der Waals surface area contributed by atoms with Gasteiger partial charge in [0.15, 0.2) is 0 Å². The van der Waals surface area contributed by atoms with Gasteiger partial charge in [0.1, 0.15) is 5.82 Å². The number of aromatic nitrogens is 2. The second-order valence-electron chi connectivity index (χ2n) is 3.99. The molecule has 0 radical (unpaired) electrons. The van der Waals surface area contributed by atoms with E-state index in [1.54, 1.807) is 18.5 Å². The first kappa shape index (κ1) is 11.0. The van der Waals surface area contributed by atoms with Crippen LogP contribution in [-0.4, -0.2) is 9.97 Å². The van der Waals surface area contributed by atoms with E-state index in [-0.39, 0.29) is 0 Å². The molecule has 1 aromatic carbocycles. The number of nitrogen functional groups attached to an aromatic ring is 1. The molecule has 2 N–H and O–H groups in total. The number of hydrogen-bond donors (Lipinski definition) is 1. The molecule has 0 aliphatic rings. The summed E-state index contributed by atoms with van der Waals surface area (Å²) in [5.74, 6) is 0.505. The molecule has 0 saturated heterocycles. The molecule has 3 aromatic rings. The number of anilines is 1. The van der Waals surface area contributed by atoms with Crippen molar-refractivity contribution < 1.29 is 0 Å². The molecular weight excluding hydrogens is 246 g/mol. The molecule has 4 heteroatoms. The minimum Gasteiger partial charge on any atom is -0.384 e. The maximum Gasteiger partial charge on any atom is 0.123 e. The Morgan fingerprint density at radius 3 is 2.50 bits per heavy atom. The molecule has 0 saturated carbocycles. The fourth-order valence-corrected chi connectivity index (χ4v) is 2.13. The van der Waals surface area contributed by atoms with Crippen molar-refractivity contribution in [1.29, 1.82) is 0 Å². The average Bonchev–Trinajstić information content (AvgIpc) is 2.39. The Labute approximate surface area is 109 Å². The predicted octanol–water partition coefficient (Wildman–Crippen LogP) is 3.53. The highest BCUT2D eigenvalue weighted by molar-refractivity contribution is 6.35. The van der Waals surface area contributed by atoms with Gasteiger partial charge in [-0.2, -0.15) is 0 Å². The van der Waals surface area contributed by atoms with Crippen LogP contribution in [0.4, 0.5) is 5.82 Å². The normalized spacial score (nSPS) is 10.7. The zero-order valence-electron chi connectivity index (χ0n) is 9.47. The highest BCUT2D eigenvalue weighted by atomic mass is 35.5. The molecule has 88 valence electrons. The van der Waals surface area contributed by atoms with Crippen molar-refractivity contribution in [2.45, 2.75) is 0 Å². The highest BCUT2D eigenvalue weighted by Gasteiger charge is 2.03. The third kappa shape index (κ3) is 1.89. The molecule has 18 heavy (non-hydrogen) atoms. The predicted molar refractivity (Wildman–Crippen MR) is 74.4 cm³/mol. The van der Waals surface area contributed by atoms with Crippen LogP contribution in [0.15, 0.2) is 48.8 Å². The molecule has 0 unspecified atom stereocenters. The summed E-state index contributed by atoms with van der Waals surface area (Å²) in [5, 5.41) is 1.64. The second kappa shape index (κ2) is 4.27. The van der Waals surface area contributed by atoms with Crippen LogP contribution in [0.1, 0.15) is 0 Å². The maximum atomic E-state index is 6.17. The van der Waals surface area contributed by atoms with Crippen LogP contribution < -0.4 is 5.73 Å². The van der Waals surface area contributed by atoms with Crippen LogP contribution >= 0.6 is 11.6 Å². The number of pyridine rings is 2. The van der Waals surface area contributed by atoms with Gasteiger partial charge >= 0.3 is 0 Å². The van der Waals surface area contributed by atoms with Crippen LogP contribution in [0.5, 0.6) is 0 Å². The molecule has 2 aromatic heterocycles. The topological polar surface area (TPSA) is 51.8 Å². The average molecular weight is 256 g/mol. The first-order valence-electron chi connectivity index (χ1n) is 5.50. The van der Waals surface area contributed by atoms with E-state index in [0.717, 1.165) is 22.0 Å². The van der Waals surface area contributed by atoms with Crippen molar-refractivity contribution >= 4 is 28.3 Å². The number of nitrogens with two attached hydrogens (primary N) is 1. The van der Waals surface area contributed by atoms with Gasteiger partial charge in [-0.15, -0.1) is 0 Å². The largest absolute Gasteiger partial charge is 0.384 e. The van der Waals surface area contributed by atoms with E-state index < -0.39 is 0 Å².